The standard InChI is InChI=1S/C68H36F3N9/c69-68(70,71)50-24-28-56(64(36-50)80-60-18-10-8-16-54(60)58-34-46(23-30-62(58)80)52-26-20-42(38-73)32-49(52)40-75)55-27-21-47(67-77-65(43-11-3-1-4-12-43)76-66(78-67)44-13-5-2-6-14-44)35-63(55)79-59-17-9-7-15-53(59)57-33-45(22-29-61(57)79)51-25-19-41(37-72)31-48(51)39-74/h1-36H. The van der Waals surface area contributed by atoms with Crippen molar-refractivity contribution in [2.24, 2.45) is 0 Å². The molecule has 10 aromatic carbocycles. The monoisotopic (exact) mass is 1040 g/mol. The second kappa shape index (κ2) is 19.3. The topological polar surface area (TPSA) is 144 Å². The van der Waals surface area contributed by atoms with Crippen LogP contribution in [0.1, 0.15) is 27.8 Å². The molecule has 0 aliphatic rings. The maximum absolute atomic E-state index is 15.3. The van der Waals surface area contributed by atoms with Gasteiger partial charge in [0.2, 0.25) is 0 Å². The summed E-state index contributed by atoms with van der Waals surface area (Å²) in [6, 6.07) is 74.6. The van der Waals surface area contributed by atoms with Gasteiger partial charge >= 0.3 is 6.18 Å². The third kappa shape index (κ3) is 8.22. The van der Waals surface area contributed by atoms with Gasteiger partial charge in [-0.25, -0.2) is 15.0 Å². The number of hydrogen-bond acceptors (Lipinski definition) is 7. The van der Waals surface area contributed by atoms with Crippen LogP contribution in [-0.4, -0.2) is 24.1 Å². The van der Waals surface area contributed by atoms with E-state index >= 15 is 13.2 Å². The molecule has 0 N–H and O–H groups in total. The van der Waals surface area contributed by atoms with Crippen molar-refractivity contribution < 1.29 is 13.2 Å². The first-order chi connectivity index (χ1) is 39.1. The molecule has 0 amide bonds. The van der Waals surface area contributed by atoms with Crippen LogP contribution in [0.15, 0.2) is 218 Å². The van der Waals surface area contributed by atoms with Gasteiger partial charge in [-0.2, -0.15) is 34.2 Å². The normalized spacial score (nSPS) is 11.4. The number of fused-ring (bicyclic) bond motifs is 6. The Balaban J connectivity index is 1.11. The van der Waals surface area contributed by atoms with E-state index in [0.29, 0.717) is 89.8 Å². The minimum absolute atomic E-state index is 0.259. The Morgan fingerprint density at radius 3 is 1.19 bits per heavy atom. The third-order valence-electron chi connectivity index (χ3n) is 14.6. The van der Waals surface area contributed by atoms with Crippen LogP contribution in [0.4, 0.5) is 13.2 Å². The van der Waals surface area contributed by atoms with E-state index in [9.17, 15) is 21.0 Å². The number of halogens is 3. The van der Waals surface area contributed by atoms with E-state index in [0.717, 1.165) is 55.3 Å². The highest BCUT2D eigenvalue weighted by Gasteiger charge is 2.33. The minimum Gasteiger partial charge on any atom is -0.309 e. The predicted octanol–water partition coefficient (Wildman–Crippen LogP) is 16.6. The van der Waals surface area contributed by atoms with Crippen LogP contribution < -0.4 is 0 Å². The summed E-state index contributed by atoms with van der Waals surface area (Å²) in [5, 5.41) is 43.0. The van der Waals surface area contributed by atoms with Gasteiger partial charge in [0.05, 0.1) is 85.5 Å². The molecule has 3 aromatic heterocycles. The van der Waals surface area contributed by atoms with Crippen LogP contribution in [0, 0.1) is 45.3 Å². The SMILES string of the molecule is N#Cc1ccc(-c2ccc3c(c2)c2ccccc2n3-c2cc(-c3nc(-c4ccccc4)nc(-c4ccccc4)n3)ccc2-c2ccc(C(F)(F)F)cc2-n2c3ccccc3c3cc(-c4ccc(C#N)cc4C#N)ccc32)c(C#N)c1. The molecule has 12 heteroatoms. The van der Waals surface area contributed by atoms with Gasteiger partial charge < -0.3 is 9.13 Å². The fraction of sp³-hybridized carbons (Fsp3) is 0.0147. The lowest BCUT2D eigenvalue weighted by atomic mass is 9.96. The van der Waals surface area contributed by atoms with Crippen molar-refractivity contribution in [3.63, 3.8) is 0 Å². The van der Waals surface area contributed by atoms with Crippen molar-refractivity contribution in [3.8, 4) is 103 Å². The Morgan fingerprint density at radius 1 is 0.325 bits per heavy atom. The molecule has 0 unspecified atom stereocenters. The molecule has 0 aliphatic carbocycles. The van der Waals surface area contributed by atoms with Crippen LogP contribution in [0.5, 0.6) is 0 Å². The zero-order valence-corrected chi connectivity index (χ0v) is 41.9. The van der Waals surface area contributed by atoms with Crippen molar-refractivity contribution >= 4 is 43.6 Å². The molecule has 0 spiro atoms. The second-order valence-electron chi connectivity index (χ2n) is 19.1. The lowest BCUT2D eigenvalue weighted by Crippen LogP contribution is -2.08. The van der Waals surface area contributed by atoms with E-state index in [2.05, 4.69) is 28.8 Å². The van der Waals surface area contributed by atoms with Crippen LogP contribution in [-0.2, 0) is 6.18 Å². The van der Waals surface area contributed by atoms with Gasteiger partial charge in [-0.3, -0.25) is 0 Å². The number of aromatic nitrogens is 5. The average Bonchev–Trinajstić information content (AvgIpc) is 4.25. The summed E-state index contributed by atoms with van der Waals surface area (Å²) in [5.74, 6) is 1.27. The summed E-state index contributed by atoms with van der Waals surface area (Å²) in [6.45, 7) is 0. The molecule has 0 bridgehead atoms. The van der Waals surface area contributed by atoms with Gasteiger partial charge in [0.15, 0.2) is 17.5 Å². The Morgan fingerprint density at radius 2 is 0.725 bits per heavy atom. The van der Waals surface area contributed by atoms with E-state index in [1.54, 1.807) is 36.4 Å². The molecule has 0 saturated heterocycles. The predicted molar refractivity (Wildman–Crippen MR) is 305 cm³/mol. The highest BCUT2D eigenvalue weighted by molar-refractivity contribution is 6.13. The average molecular weight is 1040 g/mol. The van der Waals surface area contributed by atoms with Gasteiger partial charge in [0.1, 0.15) is 0 Å². The summed E-state index contributed by atoms with van der Waals surface area (Å²) in [7, 11) is 0. The first-order valence-electron chi connectivity index (χ1n) is 25.3. The summed E-state index contributed by atoms with van der Waals surface area (Å²) in [6.07, 6.45) is -4.72. The van der Waals surface area contributed by atoms with Crippen LogP contribution >= 0.6 is 0 Å². The van der Waals surface area contributed by atoms with E-state index in [-0.39, 0.29) is 5.69 Å². The number of benzene rings is 10. The quantitative estimate of drug-likeness (QED) is 0.147. The number of para-hydroxylation sites is 2. The van der Waals surface area contributed by atoms with Crippen molar-refractivity contribution in [1.82, 2.24) is 24.1 Å². The third-order valence-corrected chi connectivity index (χ3v) is 14.6. The maximum Gasteiger partial charge on any atom is 0.416 e. The minimum atomic E-state index is -4.72. The molecule has 80 heavy (non-hydrogen) atoms. The molecule has 0 saturated carbocycles. The van der Waals surface area contributed by atoms with Crippen LogP contribution in [0.25, 0.3) is 123 Å². The number of nitrogens with zero attached hydrogens (tertiary/aromatic N) is 9. The van der Waals surface area contributed by atoms with E-state index in [1.165, 1.54) is 12.1 Å². The molecule has 3 heterocycles. The molecule has 0 aliphatic heterocycles. The largest absolute Gasteiger partial charge is 0.416 e. The Bertz CT molecular complexity index is 4820. The lowest BCUT2D eigenvalue weighted by Gasteiger charge is -2.21. The molecule has 9 nitrogen and oxygen atoms in total. The lowest BCUT2D eigenvalue weighted by molar-refractivity contribution is -0.137. The maximum atomic E-state index is 15.3. The van der Waals surface area contributed by atoms with Crippen LogP contribution in [0.3, 0.4) is 0 Å². The van der Waals surface area contributed by atoms with Gasteiger partial charge in [0, 0.05) is 49.4 Å². The van der Waals surface area contributed by atoms with Crippen molar-refractivity contribution in [2.75, 3.05) is 0 Å². The summed E-state index contributed by atoms with van der Waals surface area (Å²) >= 11 is 0. The zero-order chi connectivity index (χ0) is 54.6. The van der Waals surface area contributed by atoms with E-state index in [1.807, 2.05) is 168 Å². The first kappa shape index (κ1) is 48.2. The van der Waals surface area contributed by atoms with Crippen LogP contribution in [0.2, 0.25) is 0 Å². The Hall–Kier alpha value is -11.4. The molecule has 374 valence electrons. The summed E-state index contributed by atoms with van der Waals surface area (Å²) in [5.41, 5.74) is 10.2. The van der Waals surface area contributed by atoms with Crippen molar-refractivity contribution in [1.29, 1.82) is 21.0 Å². The second-order valence-corrected chi connectivity index (χ2v) is 19.1. The highest BCUT2D eigenvalue weighted by atomic mass is 19.4. The number of hydrogen-bond donors (Lipinski definition) is 0. The Kier molecular flexibility index (Phi) is 11.6. The van der Waals surface area contributed by atoms with Gasteiger partial charge in [-0.1, -0.05) is 140 Å². The molecule has 0 atom stereocenters. The Labute approximate surface area is 455 Å². The molecule has 0 radical (unpaired) electrons. The van der Waals surface area contributed by atoms with E-state index in [4.69, 9.17) is 15.0 Å². The summed E-state index contributed by atoms with van der Waals surface area (Å²) in [4.78, 5) is 15.1. The number of nitriles is 4. The van der Waals surface area contributed by atoms with Gasteiger partial charge in [-0.05, 0) is 101 Å². The number of rotatable bonds is 8. The highest BCUT2D eigenvalue weighted by Crippen LogP contribution is 2.45. The molecular weight excluding hydrogens is 1000 g/mol. The molecule has 13 aromatic rings. The smallest absolute Gasteiger partial charge is 0.309 e. The zero-order valence-electron chi connectivity index (χ0n) is 41.9. The van der Waals surface area contributed by atoms with E-state index < -0.39 is 11.7 Å². The fourth-order valence-corrected chi connectivity index (χ4v) is 10.9. The first-order valence-corrected chi connectivity index (χ1v) is 25.3. The molecule has 13 rings (SSSR count). The van der Waals surface area contributed by atoms with Gasteiger partial charge in [0.25, 0.3) is 0 Å². The van der Waals surface area contributed by atoms with Gasteiger partial charge in [-0.15, -0.1) is 0 Å². The molecular formula is C68H36F3N9. The molecule has 0 fully saturated rings. The summed E-state index contributed by atoms with van der Waals surface area (Å²) < 4.78 is 49.8. The fourth-order valence-electron chi connectivity index (χ4n) is 10.9. The van der Waals surface area contributed by atoms with Crippen molar-refractivity contribution in [3.05, 3.63) is 246 Å². The van der Waals surface area contributed by atoms with Crippen molar-refractivity contribution in [2.45, 2.75) is 6.18 Å². The number of alkyl halides is 3.